The minimum absolute atomic E-state index is 0.0743. The van der Waals surface area contributed by atoms with Crippen LogP contribution in [0.3, 0.4) is 0 Å². The molecule has 2 heterocycles. The maximum atomic E-state index is 13.0. The van der Waals surface area contributed by atoms with Gasteiger partial charge in [-0.2, -0.15) is 5.10 Å². The van der Waals surface area contributed by atoms with E-state index in [1.54, 1.807) is 18.0 Å². The summed E-state index contributed by atoms with van der Waals surface area (Å²) >= 11 is 7.95. The van der Waals surface area contributed by atoms with E-state index in [0.717, 1.165) is 60.2 Å². The van der Waals surface area contributed by atoms with Gasteiger partial charge in [0.1, 0.15) is 5.82 Å². The Balaban J connectivity index is 1.41. The van der Waals surface area contributed by atoms with Crippen molar-refractivity contribution >= 4 is 29.3 Å². The van der Waals surface area contributed by atoms with Crippen LogP contribution in [0.25, 0.3) is 5.69 Å². The van der Waals surface area contributed by atoms with Gasteiger partial charge in [0.25, 0.3) is 5.91 Å². The third-order valence-electron chi connectivity index (χ3n) is 5.80. The first-order valence-corrected chi connectivity index (χ1v) is 13.1. The molecular weight excluding hydrogens is 456 g/mol. The molecule has 0 radical (unpaired) electrons. The van der Waals surface area contributed by atoms with Crippen molar-refractivity contribution in [1.82, 2.24) is 29.9 Å². The van der Waals surface area contributed by atoms with Crippen LogP contribution in [0.15, 0.2) is 29.6 Å². The zero-order valence-corrected chi connectivity index (χ0v) is 21.2. The minimum atomic E-state index is -0.0743. The molecule has 1 aromatic carbocycles. The number of nitrogens with one attached hydrogen (secondary N) is 1. The van der Waals surface area contributed by atoms with Crippen LogP contribution in [0.4, 0.5) is 0 Å². The molecule has 9 heteroatoms. The predicted octanol–water partition coefficient (Wildman–Crippen LogP) is 5.04. The van der Waals surface area contributed by atoms with E-state index in [4.69, 9.17) is 11.6 Å². The van der Waals surface area contributed by atoms with E-state index in [1.807, 2.05) is 36.1 Å². The number of hydrogen-bond donors (Lipinski definition) is 1. The molecule has 1 aliphatic carbocycles. The van der Waals surface area contributed by atoms with Crippen LogP contribution in [-0.4, -0.2) is 43.3 Å². The van der Waals surface area contributed by atoms with Crippen molar-refractivity contribution < 1.29 is 4.79 Å². The van der Waals surface area contributed by atoms with Gasteiger partial charge in [0, 0.05) is 30.5 Å². The van der Waals surface area contributed by atoms with E-state index in [-0.39, 0.29) is 5.91 Å². The molecule has 0 aliphatic heterocycles. The fourth-order valence-corrected chi connectivity index (χ4v) is 4.65. The topological polar surface area (TPSA) is 77.6 Å². The SMILES string of the molecule is CSc1nnc(CCCNC(=O)c2cnn(-c3ccc(C)c(Cl)c3)c2C2CC2)n1CC(C)C. The number of thioether (sulfide) groups is 1. The third kappa shape index (κ3) is 5.44. The van der Waals surface area contributed by atoms with Gasteiger partial charge in [0.2, 0.25) is 0 Å². The average molecular weight is 487 g/mol. The van der Waals surface area contributed by atoms with E-state index >= 15 is 0 Å². The minimum Gasteiger partial charge on any atom is -0.352 e. The monoisotopic (exact) mass is 486 g/mol. The lowest BCUT2D eigenvalue weighted by atomic mass is 10.1. The van der Waals surface area contributed by atoms with Crippen molar-refractivity contribution in [2.75, 3.05) is 12.8 Å². The number of benzene rings is 1. The number of halogens is 1. The maximum absolute atomic E-state index is 13.0. The highest BCUT2D eigenvalue weighted by molar-refractivity contribution is 7.98. The van der Waals surface area contributed by atoms with E-state index in [0.29, 0.717) is 29.0 Å². The number of aromatic nitrogens is 5. The maximum Gasteiger partial charge on any atom is 0.254 e. The van der Waals surface area contributed by atoms with Crippen molar-refractivity contribution in [1.29, 1.82) is 0 Å². The van der Waals surface area contributed by atoms with Crippen molar-refractivity contribution in [2.24, 2.45) is 5.92 Å². The molecule has 0 atom stereocenters. The molecule has 1 N–H and O–H groups in total. The summed E-state index contributed by atoms with van der Waals surface area (Å²) in [6, 6.07) is 5.89. The quantitative estimate of drug-likeness (QED) is 0.320. The van der Waals surface area contributed by atoms with Crippen LogP contribution in [-0.2, 0) is 13.0 Å². The lowest BCUT2D eigenvalue weighted by molar-refractivity contribution is 0.0952. The Bertz CT molecular complexity index is 1130. The number of hydrogen-bond acceptors (Lipinski definition) is 5. The molecule has 1 aliphatic rings. The molecular formula is C24H31ClN6OS. The highest BCUT2D eigenvalue weighted by Gasteiger charge is 2.33. The Kier molecular flexibility index (Phi) is 7.44. The van der Waals surface area contributed by atoms with E-state index < -0.39 is 0 Å². The van der Waals surface area contributed by atoms with Gasteiger partial charge in [-0.15, -0.1) is 10.2 Å². The van der Waals surface area contributed by atoms with E-state index in [2.05, 4.69) is 39.0 Å². The molecule has 3 aromatic rings. The molecule has 4 rings (SSSR count). The number of rotatable bonds is 10. The smallest absolute Gasteiger partial charge is 0.254 e. The molecule has 2 aromatic heterocycles. The van der Waals surface area contributed by atoms with Gasteiger partial charge in [-0.3, -0.25) is 4.79 Å². The molecule has 7 nitrogen and oxygen atoms in total. The van der Waals surface area contributed by atoms with Crippen LogP contribution in [0, 0.1) is 12.8 Å². The fourth-order valence-electron chi connectivity index (χ4n) is 3.95. The Labute approximate surface area is 204 Å². The van der Waals surface area contributed by atoms with Crippen molar-refractivity contribution in [3.63, 3.8) is 0 Å². The van der Waals surface area contributed by atoms with Gasteiger partial charge in [0.15, 0.2) is 5.16 Å². The van der Waals surface area contributed by atoms with Crippen molar-refractivity contribution in [2.45, 2.75) is 64.1 Å². The standard InChI is InChI=1S/C24H31ClN6OS/c1-15(2)14-30-21(28-29-24(30)33-4)6-5-11-26-23(32)19-13-27-31(22(19)17-8-9-17)18-10-7-16(3)20(25)12-18/h7,10,12-13,15,17H,5-6,8-9,11,14H2,1-4H3,(H,26,32). The highest BCUT2D eigenvalue weighted by atomic mass is 35.5. The number of carbonyl (C=O) groups excluding carboxylic acids is 1. The van der Waals surface area contributed by atoms with Gasteiger partial charge in [0.05, 0.1) is 23.1 Å². The molecule has 1 fully saturated rings. The average Bonchev–Trinajstić information content (AvgIpc) is 3.41. The predicted molar refractivity (Wildman–Crippen MR) is 133 cm³/mol. The lowest BCUT2D eigenvalue weighted by Gasteiger charge is -2.12. The number of aryl methyl sites for hydroxylation is 2. The molecule has 0 bridgehead atoms. The number of nitrogens with zero attached hydrogens (tertiary/aromatic N) is 5. The molecule has 33 heavy (non-hydrogen) atoms. The zero-order valence-electron chi connectivity index (χ0n) is 19.6. The molecule has 0 spiro atoms. The first kappa shape index (κ1) is 23.8. The Morgan fingerprint density at radius 1 is 1.30 bits per heavy atom. The molecule has 1 amide bonds. The normalized spacial score (nSPS) is 13.6. The summed E-state index contributed by atoms with van der Waals surface area (Å²) in [7, 11) is 0. The molecule has 0 unspecified atom stereocenters. The molecule has 1 saturated carbocycles. The summed E-state index contributed by atoms with van der Waals surface area (Å²) in [4.78, 5) is 13.0. The largest absolute Gasteiger partial charge is 0.352 e. The van der Waals surface area contributed by atoms with Gasteiger partial charge in [-0.1, -0.05) is 43.3 Å². The summed E-state index contributed by atoms with van der Waals surface area (Å²) in [6.45, 7) is 7.83. The van der Waals surface area contributed by atoms with Gasteiger partial charge >= 0.3 is 0 Å². The Morgan fingerprint density at radius 2 is 2.09 bits per heavy atom. The summed E-state index contributed by atoms with van der Waals surface area (Å²) in [5, 5.41) is 17.9. The van der Waals surface area contributed by atoms with Crippen LogP contribution in [0.2, 0.25) is 5.02 Å². The van der Waals surface area contributed by atoms with Crippen LogP contribution < -0.4 is 5.32 Å². The zero-order chi connectivity index (χ0) is 23.5. The number of amides is 1. The second-order valence-electron chi connectivity index (χ2n) is 9.03. The van der Waals surface area contributed by atoms with E-state index in [1.165, 1.54) is 0 Å². The summed E-state index contributed by atoms with van der Waals surface area (Å²) in [5.41, 5.74) is 3.54. The van der Waals surface area contributed by atoms with Crippen LogP contribution in [0.5, 0.6) is 0 Å². The third-order valence-corrected chi connectivity index (χ3v) is 6.88. The first-order valence-electron chi connectivity index (χ1n) is 11.5. The Hall–Kier alpha value is -2.32. The van der Waals surface area contributed by atoms with Crippen molar-refractivity contribution in [3.8, 4) is 5.69 Å². The summed E-state index contributed by atoms with van der Waals surface area (Å²) in [6.07, 6.45) is 7.44. The van der Waals surface area contributed by atoms with Gasteiger partial charge in [-0.05, 0) is 56.1 Å². The number of carbonyl (C=O) groups is 1. The Morgan fingerprint density at radius 3 is 2.76 bits per heavy atom. The second kappa shape index (κ2) is 10.3. The molecule has 176 valence electrons. The van der Waals surface area contributed by atoms with E-state index in [9.17, 15) is 4.79 Å². The lowest BCUT2D eigenvalue weighted by Crippen LogP contribution is -2.26. The second-order valence-corrected chi connectivity index (χ2v) is 10.2. The molecule has 0 saturated heterocycles. The summed E-state index contributed by atoms with van der Waals surface area (Å²) < 4.78 is 4.06. The highest BCUT2D eigenvalue weighted by Crippen LogP contribution is 2.42. The van der Waals surface area contributed by atoms with Crippen LogP contribution >= 0.6 is 23.4 Å². The van der Waals surface area contributed by atoms with Gasteiger partial charge in [-0.25, -0.2) is 4.68 Å². The first-order chi connectivity index (χ1) is 15.9. The van der Waals surface area contributed by atoms with Crippen molar-refractivity contribution in [3.05, 3.63) is 52.1 Å². The van der Waals surface area contributed by atoms with Crippen LogP contribution in [0.1, 0.15) is 66.5 Å². The fraction of sp³-hybridized carbons (Fsp3) is 0.500. The summed E-state index contributed by atoms with van der Waals surface area (Å²) in [5.74, 6) is 1.79. The van der Waals surface area contributed by atoms with Gasteiger partial charge < -0.3 is 9.88 Å².